The van der Waals surface area contributed by atoms with Gasteiger partial charge in [-0.05, 0) is 6.07 Å². The third-order valence-corrected chi connectivity index (χ3v) is 4.50. The molecule has 8 heteroatoms. The topological polar surface area (TPSA) is 89.7 Å². The fourth-order valence-corrected chi connectivity index (χ4v) is 2.95. The van der Waals surface area contributed by atoms with Crippen LogP contribution in [0.5, 0.6) is 0 Å². The molecular weight excluding hydrogens is 288 g/mol. The van der Waals surface area contributed by atoms with Gasteiger partial charge in [0.1, 0.15) is 11.5 Å². The summed E-state index contributed by atoms with van der Waals surface area (Å²) in [5.41, 5.74) is 5.74. The summed E-state index contributed by atoms with van der Waals surface area (Å²) in [6.07, 6.45) is 0. The van der Waals surface area contributed by atoms with Crippen LogP contribution in [0.2, 0.25) is 0 Å². The number of carbonyl (C=O) groups is 1. The van der Waals surface area contributed by atoms with Crippen LogP contribution in [0.25, 0.3) is 0 Å². The number of benzene rings is 1. The minimum atomic E-state index is -3.85. The number of thiocarbonyl (C=S) groups is 1. The highest BCUT2D eigenvalue weighted by Gasteiger charge is 2.26. The van der Waals surface area contributed by atoms with E-state index in [-0.39, 0.29) is 22.0 Å². The first kappa shape index (κ1) is 15.5. The molecule has 0 saturated carbocycles. The number of hydrogen-bond acceptors (Lipinski definition) is 5. The summed E-state index contributed by atoms with van der Waals surface area (Å²) in [5.74, 6) is -0.654. The van der Waals surface area contributed by atoms with Gasteiger partial charge in [0.25, 0.3) is 0 Å². The van der Waals surface area contributed by atoms with Gasteiger partial charge in [-0.15, -0.1) is 0 Å². The largest absolute Gasteiger partial charge is 0.468 e. The molecule has 1 aromatic rings. The third kappa shape index (κ3) is 3.49. The summed E-state index contributed by atoms with van der Waals surface area (Å²) in [6, 6.07) is 6.09. The Bertz CT molecular complexity index is 598. The van der Waals surface area contributed by atoms with Crippen LogP contribution in [0.3, 0.4) is 0 Å². The Kier molecular flexibility index (Phi) is 4.98. The second-order valence-electron chi connectivity index (χ2n) is 3.70. The van der Waals surface area contributed by atoms with Crippen LogP contribution in [-0.2, 0) is 19.6 Å². The number of likely N-dealkylation sites (N-methyl/N-ethyl adjacent to an activating group) is 1. The minimum absolute atomic E-state index is 0.0226. The molecule has 0 spiro atoms. The van der Waals surface area contributed by atoms with E-state index < -0.39 is 16.0 Å². The number of nitrogens with two attached hydrogens (primary N) is 1. The molecular formula is C11H14N2O4S2. The van der Waals surface area contributed by atoms with Crippen LogP contribution >= 0.6 is 12.2 Å². The van der Waals surface area contributed by atoms with Crippen molar-refractivity contribution >= 4 is 33.2 Å². The van der Waals surface area contributed by atoms with Crippen LogP contribution in [0.4, 0.5) is 0 Å². The molecule has 19 heavy (non-hydrogen) atoms. The lowest BCUT2D eigenvalue weighted by molar-refractivity contribution is -0.140. The normalized spacial score (nSPS) is 11.3. The molecule has 0 saturated heterocycles. The van der Waals surface area contributed by atoms with Gasteiger partial charge in [-0.25, -0.2) is 8.42 Å². The second kappa shape index (κ2) is 6.09. The average Bonchev–Trinajstić information content (AvgIpc) is 2.38. The van der Waals surface area contributed by atoms with Gasteiger partial charge in [-0.2, -0.15) is 4.31 Å². The zero-order valence-electron chi connectivity index (χ0n) is 10.5. The van der Waals surface area contributed by atoms with Crippen molar-refractivity contribution < 1.29 is 17.9 Å². The highest BCUT2D eigenvalue weighted by atomic mass is 32.2. The van der Waals surface area contributed by atoms with E-state index in [0.717, 1.165) is 4.31 Å². The fraction of sp³-hybridized carbons (Fsp3) is 0.273. The van der Waals surface area contributed by atoms with E-state index in [0.29, 0.717) is 0 Å². The zero-order chi connectivity index (χ0) is 14.6. The van der Waals surface area contributed by atoms with Gasteiger partial charge in [0, 0.05) is 12.6 Å². The van der Waals surface area contributed by atoms with Gasteiger partial charge >= 0.3 is 5.97 Å². The maximum Gasteiger partial charge on any atom is 0.321 e. The maximum atomic E-state index is 12.3. The second-order valence-corrected chi connectivity index (χ2v) is 6.15. The Morgan fingerprint density at radius 2 is 2.00 bits per heavy atom. The number of rotatable bonds is 5. The number of sulfonamides is 1. The van der Waals surface area contributed by atoms with Crippen LogP contribution in [-0.4, -0.2) is 44.4 Å². The predicted octanol–water partition coefficient (Wildman–Crippen LogP) is 0.114. The molecule has 1 aromatic carbocycles. The molecule has 0 heterocycles. The van der Waals surface area contributed by atoms with E-state index in [9.17, 15) is 13.2 Å². The Balaban J connectivity index is 3.21. The monoisotopic (exact) mass is 302 g/mol. The molecule has 0 fully saturated rings. The molecule has 0 aromatic heterocycles. The van der Waals surface area contributed by atoms with E-state index in [1.54, 1.807) is 12.1 Å². The lowest BCUT2D eigenvalue weighted by Gasteiger charge is -2.17. The van der Waals surface area contributed by atoms with E-state index in [2.05, 4.69) is 4.74 Å². The Labute approximate surface area is 117 Å². The molecule has 0 bridgehead atoms. The first-order chi connectivity index (χ1) is 8.80. The van der Waals surface area contributed by atoms with Gasteiger partial charge in [0.2, 0.25) is 10.0 Å². The SMILES string of the molecule is COC(=O)CN(C)S(=O)(=O)c1ccccc1C(N)=S. The molecule has 2 N–H and O–H groups in total. The van der Waals surface area contributed by atoms with Gasteiger partial charge in [0.05, 0.1) is 12.0 Å². The summed E-state index contributed by atoms with van der Waals surface area (Å²) in [7, 11) is -1.39. The molecule has 0 radical (unpaired) electrons. The molecule has 0 aliphatic rings. The number of nitrogens with zero attached hydrogens (tertiary/aromatic N) is 1. The standard InChI is InChI=1S/C11H14N2O4S2/c1-13(7-10(14)17-2)19(15,16)9-6-4-3-5-8(9)11(12)18/h3-6H,7H2,1-2H3,(H2,12,18). The molecule has 6 nitrogen and oxygen atoms in total. The van der Waals surface area contributed by atoms with Crippen LogP contribution in [0, 0.1) is 0 Å². The van der Waals surface area contributed by atoms with Crippen molar-refractivity contribution in [2.24, 2.45) is 5.73 Å². The van der Waals surface area contributed by atoms with Gasteiger partial charge in [-0.3, -0.25) is 4.79 Å². The summed E-state index contributed by atoms with van der Waals surface area (Å²) < 4.78 is 29.9. The number of esters is 1. The number of carbonyl (C=O) groups excluding carboxylic acids is 1. The molecule has 0 aliphatic carbocycles. The van der Waals surface area contributed by atoms with Crippen LogP contribution in [0.15, 0.2) is 29.2 Å². The van der Waals surface area contributed by atoms with Gasteiger partial charge < -0.3 is 10.5 Å². The first-order valence-corrected chi connectivity index (χ1v) is 7.07. The fourth-order valence-electron chi connectivity index (χ4n) is 1.39. The lowest BCUT2D eigenvalue weighted by Crippen LogP contribution is -2.33. The average molecular weight is 302 g/mol. The smallest absolute Gasteiger partial charge is 0.321 e. The van der Waals surface area contributed by atoms with E-state index in [1.807, 2.05) is 0 Å². The van der Waals surface area contributed by atoms with Crippen molar-refractivity contribution in [3.63, 3.8) is 0 Å². The van der Waals surface area contributed by atoms with Crippen LogP contribution < -0.4 is 5.73 Å². The highest BCUT2D eigenvalue weighted by Crippen LogP contribution is 2.19. The van der Waals surface area contributed by atoms with Crippen molar-refractivity contribution in [1.29, 1.82) is 0 Å². The summed E-state index contributed by atoms with van der Waals surface area (Å²) in [4.78, 5) is 11.1. The quantitative estimate of drug-likeness (QED) is 0.613. The summed E-state index contributed by atoms with van der Waals surface area (Å²) in [5, 5.41) is 0. The van der Waals surface area contributed by atoms with Crippen molar-refractivity contribution in [3.05, 3.63) is 29.8 Å². The Hall–Kier alpha value is -1.51. The third-order valence-electron chi connectivity index (χ3n) is 2.42. The Morgan fingerprint density at radius 1 is 1.42 bits per heavy atom. The predicted molar refractivity (Wildman–Crippen MR) is 74.2 cm³/mol. The molecule has 0 unspecified atom stereocenters. The van der Waals surface area contributed by atoms with Crippen LogP contribution in [0.1, 0.15) is 5.56 Å². The highest BCUT2D eigenvalue weighted by molar-refractivity contribution is 7.89. The van der Waals surface area contributed by atoms with Crippen molar-refractivity contribution in [3.8, 4) is 0 Å². The van der Waals surface area contributed by atoms with Crippen molar-refractivity contribution in [1.82, 2.24) is 4.31 Å². The lowest BCUT2D eigenvalue weighted by atomic mass is 10.2. The maximum absolute atomic E-state index is 12.3. The summed E-state index contributed by atoms with van der Waals surface area (Å²) in [6.45, 7) is -0.384. The molecule has 0 aliphatic heterocycles. The van der Waals surface area contributed by atoms with Crippen molar-refractivity contribution in [2.75, 3.05) is 20.7 Å². The minimum Gasteiger partial charge on any atom is -0.468 e. The zero-order valence-corrected chi connectivity index (χ0v) is 12.1. The van der Waals surface area contributed by atoms with Gasteiger partial charge in [0.15, 0.2) is 0 Å². The van der Waals surface area contributed by atoms with E-state index in [1.165, 1.54) is 26.3 Å². The summed E-state index contributed by atoms with van der Waals surface area (Å²) >= 11 is 4.82. The number of methoxy groups -OCH3 is 1. The first-order valence-electron chi connectivity index (χ1n) is 5.22. The molecule has 0 amide bonds. The van der Waals surface area contributed by atoms with Crippen molar-refractivity contribution in [2.45, 2.75) is 4.90 Å². The molecule has 1 rings (SSSR count). The van der Waals surface area contributed by atoms with Gasteiger partial charge in [-0.1, -0.05) is 30.4 Å². The molecule has 0 atom stereocenters. The molecule has 104 valence electrons. The number of hydrogen-bond donors (Lipinski definition) is 1. The Morgan fingerprint density at radius 3 is 2.53 bits per heavy atom. The van der Waals surface area contributed by atoms with E-state index in [4.69, 9.17) is 18.0 Å². The number of ether oxygens (including phenoxy) is 1. The van der Waals surface area contributed by atoms with E-state index >= 15 is 0 Å².